The van der Waals surface area contributed by atoms with E-state index in [1.54, 1.807) is 29.5 Å². The summed E-state index contributed by atoms with van der Waals surface area (Å²) in [5, 5.41) is 5.01. The molecule has 3 N–H and O–H groups in total. The molecule has 4 heterocycles. The lowest BCUT2D eigenvalue weighted by molar-refractivity contribution is 0.617. The van der Waals surface area contributed by atoms with Crippen LogP contribution in [0.15, 0.2) is 83.8 Å². The molecule has 1 unspecified atom stereocenters. The monoisotopic (exact) mass is 468 g/mol. The number of nitrogens with zero attached hydrogens (tertiary/aromatic N) is 6. The Bertz CT molecular complexity index is 1310. The van der Waals surface area contributed by atoms with E-state index in [1.807, 2.05) is 41.3 Å². The van der Waals surface area contributed by atoms with E-state index >= 15 is 0 Å². The Hall–Kier alpha value is -4.11. The van der Waals surface area contributed by atoms with E-state index in [4.69, 9.17) is 15.8 Å². The fraction of sp³-hybridized carbons (Fsp3) is 0.231. The molecule has 8 nitrogen and oxygen atoms in total. The molecule has 1 atom stereocenters. The van der Waals surface area contributed by atoms with Crippen LogP contribution in [0.5, 0.6) is 0 Å². The van der Waals surface area contributed by atoms with Crippen molar-refractivity contribution in [1.29, 1.82) is 0 Å². The van der Waals surface area contributed by atoms with Crippen molar-refractivity contribution in [3.8, 4) is 0 Å². The zero-order valence-corrected chi connectivity index (χ0v) is 19.0. The number of allylic oxidation sites excluding steroid dienone is 2. The molecule has 0 radical (unpaired) electrons. The van der Waals surface area contributed by atoms with Crippen LogP contribution in [-0.4, -0.2) is 31.8 Å². The highest BCUT2D eigenvalue weighted by atomic mass is 19.1. The van der Waals surface area contributed by atoms with Gasteiger partial charge in [-0.05, 0) is 60.9 Å². The highest BCUT2D eigenvalue weighted by Crippen LogP contribution is 2.40. The number of hydrogen-bond acceptors (Lipinski definition) is 8. The van der Waals surface area contributed by atoms with Gasteiger partial charge in [-0.25, -0.2) is 20.2 Å². The standard InChI is InChI=1S/C26H25FN8/c27-18-10-8-17(9-11-18)24-33-25-22(13-12-21(35(25)28)20-7-3-4-15-29-20)34(24)23-14-16-30-26(32-23)31-19-5-1-2-6-19/h3-4,7-16,19,24H,1-2,5-6,28H2,(H,30,31,32). The maximum absolute atomic E-state index is 13.7. The van der Waals surface area contributed by atoms with Crippen LogP contribution in [0.3, 0.4) is 0 Å². The summed E-state index contributed by atoms with van der Waals surface area (Å²) in [5.74, 6) is 8.12. The number of aliphatic imine (C=N–C) groups is 1. The topological polar surface area (TPSA) is 95.6 Å². The number of nitrogens with one attached hydrogen (secondary N) is 1. The number of hydrogen-bond donors (Lipinski definition) is 2. The lowest BCUT2D eigenvalue weighted by Gasteiger charge is -2.30. The molecule has 6 rings (SSSR count). The number of benzene rings is 1. The summed E-state index contributed by atoms with van der Waals surface area (Å²) in [6.45, 7) is 0. The first-order valence-corrected chi connectivity index (χ1v) is 11.8. The molecular formula is C26H25FN8. The molecule has 0 amide bonds. The Labute approximate surface area is 202 Å². The normalized spacial score (nSPS) is 19.8. The SMILES string of the molecule is NN1C(c2ccccn2)=CC=C2C1=NC(c1ccc(F)cc1)N2c1ccnc(NC2CCCC2)n1. The molecule has 3 aromatic rings. The summed E-state index contributed by atoms with van der Waals surface area (Å²) in [5.41, 5.74) is 3.10. The fourth-order valence-electron chi connectivity index (χ4n) is 4.81. The molecule has 9 heteroatoms. The van der Waals surface area contributed by atoms with Gasteiger partial charge in [-0.1, -0.05) is 31.0 Å². The molecule has 3 aliphatic rings. The van der Waals surface area contributed by atoms with Crippen LogP contribution < -0.4 is 16.1 Å². The summed E-state index contributed by atoms with van der Waals surface area (Å²) in [7, 11) is 0. The quantitative estimate of drug-likeness (QED) is 0.536. The largest absolute Gasteiger partial charge is 0.351 e. The number of anilines is 2. The molecule has 2 aliphatic heterocycles. The van der Waals surface area contributed by atoms with Gasteiger partial charge in [0, 0.05) is 18.4 Å². The van der Waals surface area contributed by atoms with Crippen LogP contribution in [0.1, 0.15) is 43.1 Å². The molecular weight excluding hydrogens is 443 g/mol. The minimum atomic E-state index is -0.464. The van der Waals surface area contributed by atoms with Crippen LogP contribution in [0.2, 0.25) is 0 Å². The Morgan fingerprint density at radius 3 is 2.49 bits per heavy atom. The minimum Gasteiger partial charge on any atom is -0.351 e. The van der Waals surface area contributed by atoms with Gasteiger partial charge >= 0.3 is 0 Å². The predicted molar refractivity (Wildman–Crippen MR) is 133 cm³/mol. The first-order valence-electron chi connectivity index (χ1n) is 11.8. The van der Waals surface area contributed by atoms with Crippen molar-refractivity contribution in [3.63, 3.8) is 0 Å². The van der Waals surface area contributed by atoms with Crippen molar-refractivity contribution in [2.24, 2.45) is 10.8 Å². The summed E-state index contributed by atoms with van der Waals surface area (Å²) in [4.78, 5) is 20.7. The number of amidine groups is 1. The van der Waals surface area contributed by atoms with E-state index in [9.17, 15) is 4.39 Å². The van der Waals surface area contributed by atoms with Crippen molar-refractivity contribution in [2.75, 3.05) is 10.2 Å². The molecule has 1 saturated carbocycles. The van der Waals surface area contributed by atoms with E-state index in [-0.39, 0.29) is 5.82 Å². The van der Waals surface area contributed by atoms with Gasteiger partial charge in [-0.2, -0.15) is 4.98 Å². The number of rotatable bonds is 5. The van der Waals surface area contributed by atoms with Gasteiger partial charge in [0.1, 0.15) is 11.6 Å². The van der Waals surface area contributed by atoms with Crippen LogP contribution in [-0.2, 0) is 0 Å². The van der Waals surface area contributed by atoms with Gasteiger partial charge in [0.15, 0.2) is 12.0 Å². The van der Waals surface area contributed by atoms with Crippen molar-refractivity contribution in [3.05, 3.63) is 95.8 Å². The number of aromatic nitrogens is 3. The first kappa shape index (κ1) is 21.4. The molecule has 0 spiro atoms. The van der Waals surface area contributed by atoms with Crippen LogP contribution in [0.25, 0.3) is 5.70 Å². The van der Waals surface area contributed by atoms with Gasteiger partial charge < -0.3 is 5.32 Å². The average Bonchev–Trinajstić information content (AvgIpc) is 3.54. The highest BCUT2D eigenvalue weighted by Gasteiger charge is 2.38. The van der Waals surface area contributed by atoms with Crippen LogP contribution >= 0.6 is 0 Å². The van der Waals surface area contributed by atoms with Gasteiger partial charge in [-0.3, -0.25) is 14.9 Å². The average molecular weight is 469 g/mol. The fourth-order valence-corrected chi connectivity index (χ4v) is 4.81. The lowest BCUT2D eigenvalue weighted by atomic mass is 10.1. The van der Waals surface area contributed by atoms with Crippen molar-refractivity contribution in [2.45, 2.75) is 37.9 Å². The number of nitrogens with two attached hydrogens (primary N) is 1. The third-order valence-electron chi connectivity index (χ3n) is 6.54. The highest BCUT2D eigenvalue weighted by molar-refractivity contribution is 6.09. The van der Waals surface area contributed by atoms with E-state index < -0.39 is 6.17 Å². The smallest absolute Gasteiger partial charge is 0.224 e. The summed E-state index contributed by atoms with van der Waals surface area (Å²) in [6.07, 6.45) is 11.6. The van der Waals surface area contributed by atoms with E-state index in [2.05, 4.69) is 15.3 Å². The molecule has 176 valence electrons. The first-order chi connectivity index (χ1) is 17.2. The van der Waals surface area contributed by atoms with Crippen molar-refractivity contribution < 1.29 is 4.39 Å². The minimum absolute atomic E-state index is 0.299. The second-order valence-electron chi connectivity index (χ2n) is 8.80. The van der Waals surface area contributed by atoms with Gasteiger partial charge in [0.2, 0.25) is 5.95 Å². The summed E-state index contributed by atoms with van der Waals surface area (Å²) < 4.78 is 13.7. The van der Waals surface area contributed by atoms with Crippen molar-refractivity contribution in [1.82, 2.24) is 20.0 Å². The Morgan fingerprint density at radius 1 is 0.914 bits per heavy atom. The van der Waals surface area contributed by atoms with Gasteiger partial charge in [0.25, 0.3) is 0 Å². The molecule has 2 aromatic heterocycles. The third-order valence-corrected chi connectivity index (χ3v) is 6.54. The molecule has 1 aliphatic carbocycles. The Balaban J connectivity index is 1.41. The van der Waals surface area contributed by atoms with Crippen LogP contribution in [0.4, 0.5) is 16.2 Å². The zero-order chi connectivity index (χ0) is 23.8. The molecule has 35 heavy (non-hydrogen) atoms. The lowest BCUT2D eigenvalue weighted by Crippen LogP contribution is -2.40. The number of fused-ring (bicyclic) bond motifs is 1. The summed E-state index contributed by atoms with van der Waals surface area (Å²) in [6, 6.07) is 14.3. The molecule has 1 fully saturated rings. The third kappa shape index (κ3) is 4.04. The predicted octanol–water partition coefficient (Wildman–Crippen LogP) is 4.40. The maximum Gasteiger partial charge on any atom is 0.224 e. The number of halogens is 1. The zero-order valence-electron chi connectivity index (χ0n) is 19.0. The van der Waals surface area contributed by atoms with E-state index in [1.165, 1.54) is 25.0 Å². The molecule has 1 aromatic carbocycles. The van der Waals surface area contributed by atoms with Gasteiger partial charge in [-0.15, -0.1) is 0 Å². The molecule has 0 saturated heterocycles. The Morgan fingerprint density at radius 2 is 1.71 bits per heavy atom. The Kier molecular flexibility index (Phi) is 5.46. The van der Waals surface area contributed by atoms with Gasteiger partial charge in [0.05, 0.1) is 17.1 Å². The van der Waals surface area contributed by atoms with E-state index in [0.717, 1.165) is 35.5 Å². The number of pyridine rings is 1. The second kappa shape index (κ2) is 8.92. The van der Waals surface area contributed by atoms with E-state index in [0.29, 0.717) is 23.6 Å². The summed E-state index contributed by atoms with van der Waals surface area (Å²) >= 11 is 0. The maximum atomic E-state index is 13.7. The molecule has 0 bridgehead atoms. The number of hydrazine groups is 1. The van der Waals surface area contributed by atoms with Crippen molar-refractivity contribution >= 4 is 23.3 Å². The second-order valence-corrected chi connectivity index (χ2v) is 8.80. The van der Waals surface area contributed by atoms with Crippen LogP contribution in [0, 0.1) is 5.82 Å².